The Morgan fingerprint density at radius 3 is 2.38 bits per heavy atom. The zero-order valence-corrected chi connectivity index (χ0v) is 22.2. The van der Waals surface area contributed by atoms with Gasteiger partial charge in [0.25, 0.3) is 0 Å². The predicted molar refractivity (Wildman–Crippen MR) is 147 cm³/mol. The summed E-state index contributed by atoms with van der Waals surface area (Å²) >= 11 is 15.7. The van der Waals surface area contributed by atoms with E-state index in [2.05, 4.69) is 98.9 Å². The third kappa shape index (κ3) is 4.04. The quantitative estimate of drug-likeness (QED) is 0.268. The summed E-state index contributed by atoms with van der Waals surface area (Å²) in [5, 5.41) is 4.98. The molecule has 7 heteroatoms. The van der Waals surface area contributed by atoms with E-state index in [0.717, 1.165) is 43.5 Å². The molecule has 3 heterocycles. The van der Waals surface area contributed by atoms with Crippen molar-refractivity contribution in [3.05, 3.63) is 111 Å². The molecule has 1 saturated heterocycles. The lowest BCUT2D eigenvalue weighted by Crippen LogP contribution is -2.29. The number of nitrogens with one attached hydrogen (secondary N) is 1. The molecule has 0 aliphatic carbocycles. The molecular weight excluding hydrogens is 528 g/mol. The van der Waals surface area contributed by atoms with Crippen LogP contribution in [-0.4, -0.2) is 14.7 Å². The molecule has 2 aromatic carbocycles. The third-order valence-electron chi connectivity index (χ3n) is 6.39. The number of aryl methyl sites for hydroxylation is 2. The minimum atomic E-state index is -0.0863. The Kier molecular flexibility index (Phi) is 6.23. The van der Waals surface area contributed by atoms with Gasteiger partial charge in [-0.2, -0.15) is 0 Å². The van der Waals surface area contributed by atoms with Gasteiger partial charge in [0.15, 0.2) is 5.11 Å². The Bertz CT molecular complexity index is 1370. The summed E-state index contributed by atoms with van der Waals surface area (Å²) in [5.74, 6) is 0. The van der Waals surface area contributed by atoms with Crippen molar-refractivity contribution in [1.82, 2.24) is 14.9 Å². The van der Waals surface area contributed by atoms with E-state index in [9.17, 15) is 0 Å². The standard InChI is InChI=1S/C27H24BrClN4S/c1-16-14-21(11-12-23(16)28)33-26(25(31-27(33)34)24-6-4-5-13-30-24)22-15-17(2)32(18(22)3)20-9-7-19(29)8-10-20/h4-15,25-26H,1-3H3,(H,31,34). The molecule has 34 heavy (non-hydrogen) atoms. The molecule has 1 aliphatic heterocycles. The molecule has 0 bridgehead atoms. The Morgan fingerprint density at radius 1 is 0.971 bits per heavy atom. The Labute approximate surface area is 218 Å². The highest BCUT2D eigenvalue weighted by molar-refractivity contribution is 9.10. The van der Waals surface area contributed by atoms with Crippen LogP contribution < -0.4 is 10.2 Å². The molecule has 1 aliphatic rings. The van der Waals surface area contributed by atoms with E-state index in [1.807, 2.05) is 30.5 Å². The largest absolute Gasteiger partial charge is 0.351 e. The number of hydrogen-bond acceptors (Lipinski definition) is 2. The van der Waals surface area contributed by atoms with Crippen LogP contribution in [0, 0.1) is 20.8 Å². The lowest BCUT2D eigenvalue weighted by molar-refractivity contribution is 0.565. The van der Waals surface area contributed by atoms with Gasteiger partial charge in [0.1, 0.15) is 0 Å². The van der Waals surface area contributed by atoms with E-state index in [1.54, 1.807) is 0 Å². The zero-order chi connectivity index (χ0) is 24.0. The summed E-state index contributed by atoms with van der Waals surface area (Å²) in [5.41, 5.74) is 7.78. The van der Waals surface area contributed by atoms with Gasteiger partial charge in [-0.25, -0.2) is 0 Å². The topological polar surface area (TPSA) is 33.1 Å². The van der Waals surface area contributed by atoms with Gasteiger partial charge >= 0.3 is 0 Å². The summed E-state index contributed by atoms with van der Waals surface area (Å²) in [6, 6.07) is 22.4. The minimum absolute atomic E-state index is 0.0600. The van der Waals surface area contributed by atoms with Crippen molar-refractivity contribution in [3.63, 3.8) is 0 Å². The number of aromatic nitrogens is 2. The Hall–Kier alpha value is -2.67. The first-order valence-electron chi connectivity index (χ1n) is 11.1. The van der Waals surface area contributed by atoms with Gasteiger partial charge in [-0.05, 0) is 105 Å². The first-order valence-corrected chi connectivity index (χ1v) is 12.6. The van der Waals surface area contributed by atoms with Crippen LogP contribution >= 0.6 is 39.7 Å². The molecule has 0 saturated carbocycles. The summed E-state index contributed by atoms with van der Waals surface area (Å²) in [7, 11) is 0. The van der Waals surface area contributed by atoms with E-state index in [1.165, 1.54) is 5.56 Å². The van der Waals surface area contributed by atoms with Gasteiger partial charge < -0.3 is 14.8 Å². The fourth-order valence-electron chi connectivity index (χ4n) is 4.80. The highest BCUT2D eigenvalue weighted by Gasteiger charge is 2.42. The van der Waals surface area contributed by atoms with Crippen LogP contribution in [0.2, 0.25) is 5.02 Å². The summed E-state index contributed by atoms with van der Waals surface area (Å²) in [6.07, 6.45) is 1.83. The number of thiocarbonyl (C=S) groups is 1. The molecule has 5 rings (SSSR count). The SMILES string of the molecule is Cc1cc(N2C(=S)NC(c3ccccn3)C2c2cc(C)n(-c3ccc(Cl)cc3)c2C)ccc1Br. The second kappa shape index (κ2) is 9.17. The lowest BCUT2D eigenvalue weighted by atomic mass is 9.96. The van der Waals surface area contributed by atoms with Crippen LogP contribution in [0.5, 0.6) is 0 Å². The maximum Gasteiger partial charge on any atom is 0.174 e. The number of benzene rings is 2. The smallest absolute Gasteiger partial charge is 0.174 e. The number of halogens is 2. The van der Waals surface area contributed by atoms with Gasteiger partial charge in [-0.15, -0.1) is 0 Å². The fourth-order valence-corrected chi connectivity index (χ4v) is 5.52. The predicted octanol–water partition coefficient (Wildman–Crippen LogP) is 7.39. The molecule has 4 aromatic rings. The van der Waals surface area contributed by atoms with Crippen molar-refractivity contribution in [2.24, 2.45) is 0 Å². The van der Waals surface area contributed by atoms with Crippen LogP contribution in [0.3, 0.4) is 0 Å². The summed E-state index contributed by atoms with van der Waals surface area (Å²) in [4.78, 5) is 6.90. The summed E-state index contributed by atoms with van der Waals surface area (Å²) < 4.78 is 3.35. The molecule has 2 unspecified atom stereocenters. The molecular formula is C27H24BrClN4S. The summed E-state index contributed by atoms with van der Waals surface area (Å²) in [6.45, 7) is 6.40. The molecule has 0 amide bonds. The van der Waals surface area contributed by atoms with Crippen LogP contribution in [0.1, 0.15) is 40.3 Å². The Morgan fingerprint density at radius 2 is 1.71 bits per heavy atom. The van der Waals surface area contributed by atoms with Crippen molar-refractivity contribution >= 4 is 50.5 Å². The second-order valence-electron chi connectivity index (χ2n) is 8.57. The molecule has 2 aromatic heterocycles. The number of hydrogen-bond donors (Lipinski definition) is 1. The molecule has 0 radical (unpaired) electrons. The van der Waals surface area contributed by atoms with Gasteiger partial charge in [0.05, 0.1) is 17.8 Å². The zero-order valence-electron chi connectivity index (χ0n) is 19.1. The third-order valence-corrected chi connectivity index (χ3v) is 7.85. The van der Waals surface area contributed by atoms with Gasteiger partial charge in [0.2, 0.25) is 0 Å². The minimum Gasteiger partial charge on any atom is -0.351 e. The number of pyridine rings is 1. The van der Waals surface area contributed by atoms with Crippen molar-refractivity contribution < 1.29 is 0 Å². The first-order chi connectivity index (χ1) is 16.3. The Balaban J connectivity index is 1.68. The van der Waals surface area contributed by atoms with E-state index in [4.69, 9.17) is 23.8 Å². The lowest BCUT2D eigenvalue weighted by Gasteiger charge is -2.28. The number of anilines is 1. The van der Waals surface area contributed by atoms with E-state index in [-0.39, 0.29) is 12.1 Å². The molecule has 2 atom stereocenters. The van der Waals surface area contributed by atoms with Gasteiger partial charge in [-0.1, -0.05) is 33.6 Å². The van der Waals surface area contributed by atoms with Crippen molar-refractivity contribution in [3.8, 4) is 5.69 Å². The van der Waals surface area contributed by atoms with Crippen molar-refractivity contribution in [2.45, 2.75) is 32.9 Å². The molecule has 1 N–H and O–H groups in total. The van der Waals surface area contributed by atoms with Gasteiger partial charge in [-0.3, -0.25) is 4.98 Å². The number of rotatable bonds is 4. The first kappa shape index (κ1) is 23.1. The van der Waals surface area contributed by atoms with E-state index in [0.29, 0.717) is 5.11 Å². The van der Waals surface area contributed by atoms with Crippen LogP contribution in [0.4, 0.5) is 5.69 Å². The van der Waals surface area contributed by atoms with Crippen LogP contribution in [-0.2, 0) is 0 Å². The monoisotopic (exact) mass is 550 g/mol. The van der Waals surface area contributed by atoms with Crippen molar-refractivity contribution in [2.75, 3.05) is 4.90 Å². The molecule has 4 nitrogen and oxygen atoms in total. The maximum absolute atomic E-state index is 6.15. The average molecular weight is 552 g/mol. The van der Waals surface area contributed by atoms with Crippen molar-refractivity contribution in [1.29, 1.82) is 0 Å². The number of nitrogens with zero attached hydrogens (tertiary/aromatic N) is 3. The average Bonchev–Trinajstić information content (AvgIpc) is 3.32. The molecule has 172 valence electrons. The molecule has 1 fully saturated rings. The van der Waals surface area contributed by atoms with Crippen LogP contribution in [0.25, 0.3) is 5.69 Å². The van der Waals surface area contributed by atoms with Gasteiger partial charge in [0, 0.05) is 38.5 Å². The second-order valence-corrected chi connectivity index (χ2v) is 10.2. The normalized spacial score (nSPS) is 17.8. The highest BCUT2D eigenvalue weighted by atomic mass is 79.9. The molecule has 0 spiro atoms. The highest BCUT2D eigenvalue weighted by Crippen LogP contribution is 2.44. The maximum atomic E-state index is 6.15. The van der Waals surface area contributed by atoms with E-state index >= 15 is 0 Å². The fraction of sp³-hybridized carbons (Fsp3) is 0.185. The van der Waals surface area contributed by atoms with E-state index < -0.39 is 0 Å². The van der Waals surface area contributed by atoms with Crippen LogP contribution in [0.15, 0.2) is 77.4 Å².